The maximum Gasteiger partial charge on any atom is 0.152 e. The predicted molar refractivity (Wildman–Crippen MR) is 63.4 cm³/mol. The zero-order valence-electron chi connectivity index (χ0n) is 9.77. The number of aromatic nitrogens is 2. The van der Waals surface area contributed by atoms with Gasteiger partial charge in [-0.25, -0.2) is 4.39 Å². The van der Waals surface area contributed by atoms with Crippen molar-refractivity contribution in [3.63, 3.8) is 0 Å². The van der Waals surface area contributed by atoms with E-state index in [0.29, 0.717) is 6.29 Å². The van der Waals surface area contributed by atoms with Crippen LogP contribution in [0.25, 0.3) is 11.1 Å². The molecular formula is C13H13FN2O. The Morgan fingerprint density at radius 2 is 2.24 bits per heavy atom. The number of carbonyl (C=O) groups excluding carboxylic acids is 1. The Morgan fingerprint density at radius 1 is 1.47 bits per heavy atom. The van der Waals surface area contributed by atoms with Crippen molar-refractivity contribution in [2.75, 3.05) is 0 Å². The summed E-state index contributed by atoms with van der Waals surface area (Å²) in [7, 11) is 1.83. The van der Waals surface area contributed by atoms with Crippen molar-refractivity contribution >= 4 is 6.29 Å². The SMILES string of the molecule is CCc1nn(C)cc1-c1ccc(C=O)c(F)c1. The van der Waals surface area contributed by atoms with Crippen molar-refractivity contribution in [3.05, 3.63) is 41.5 Å². The lowest BCUT2D eigenvalue weighted by Gasteiger charge is -2.02. The van der Waals surface area contributed by atoms with Gasteiger partial charge in [0.1, 0.15) is 5.82 Å². The summed E-state index contributed by atoms with van der Waals surface area (Å²) in [5.41, 5.74) is 2.66. The largest absolute Gasteiger partial charge is 0.298 e. The van der Waals surface area contributed by atoms with E-state index >= 15 is 0 Å². The van der Waals surface area contributed by atoms with E-state index in [4.69, 9.17) is 0 Å². The minimum atomic E-state index is -0.497. The molecule has 0 spiro atoms. The molecule has 0 aliphatic heterocycles. The lowest BCUT2D eigenvalue weighted by atomic mass is 10.0. The van der Waals surface area contributed by atoms with Gasteiger partial charge in [-0.1, -0.05) is 13.0 Å². The molecule has 0 aliphatic rings. The molecular weight excluding hydrogens is 219 g/mol. The Morgan fingerprint density at radius 3 is 2.82 bits per heavy atom. The molecule has 0 saturated carbocycles. The topological polar surface area (TPSA) is 34.9 Å². The number of benzene rings is 1. The van der Waals surface area contributed by atoms with Gasteiger partial charge in [0.25, 0.3) is 0 Å². The molecule has 1 aromatic heterocycles. The highest BCUT2D eigenvalue weighted by molar-refractivity contribution is 5.77. The van der Waals surface area contributed by atoms with Gasteiger partial charge >= 0.3 is 0 Å². The normalized spacial score (nSPS) is 10.5. The number of nitrogens with zero attached hydrogens (tertiary/aromatic N) is 2. The zero-order chi connectivity index (χ0) is 12.4. The van der Waals surface area contributed by atoms with Gasteiger partial charge in [0.05, 0.1) is 11.3 Å². The van der Waals surface area contributed by atoms with Gasteiger partial charge in [-0.2, -0.15) is 5.10 Å². The summed E-state index contributed by atoms with van der Waals surface area (Å²) >= 11 is 0. The number of aryl methyl sites for hydroxylation is 2. The third-order valence-corrected chi connectivity index (χ3v) is 2.68. The molecule has 88 valence electrons. The highest BCUT2D eigenvalue weighted by atomic mass is 19.1. The lowest BCUT2D eigenvalue weighted by Crippen LogP contribution is -1.90. The molecule has 0 fully saturated rings. The monoisotopic (exact) mass is 232 g/mol. The van der Waals surface area contributed by atoms with E-state index in [1.165, 1.54) is 12.1 Å². The Balaban J connectivity index is 2.52. The van der Waals surface area contributed by atoms with Crippen LogP contribution in [0.15, 0.2) is 24.4 Å². The van der Waals surface area contributed by atoms with Crippen LogP contribution in [0, 0.1) is 5.82 Å². The fourth-order valence-electron chi connectivity index (χ4n) is 1.83. The molecule has 3 nitrogen and oxygen atoms in total. The average molecular weight is 232 g/mol. The molecule has 2 aromatic rings. The molecule has 2 rings (SSSR count). The molecule has 0 unspecified atom stereocenters. The Hall–Kier alpha value is -1.97. The van der Waals surface area contributed by atoms with Gasteiger partial charge in [-0.3, -0.25) is 9.48 Å². The summed E-state index contributed by atoms with van der Waals surface area (Å²) in [5.74, 6) is -0.497. The van der Waals surface area contributed by atoms with E-state index in [9.17, 15) is 9.18 Å². The van der Waals surface area contributed by atoms with Crippen LogP contribution in [0.2, 0.25) is 0 Å². The van der Waals surface area contributed by atoms with Gasteiger partial charge in [-0.15, -0.1) is 0 Å². The molecule has 0 saturated heterocycles. The second-order valence-corrected chi connectivity index (χ2v) is 3.87. The summed E-state index contributed by atoms with van der Waals surface area (Å²) in [6.07, 6.45) is 3.16. The number of aldehydes is 1. The van der Waals surface area contributed by atoms with Gasteiger partial charge < -0.3 is 0 Å². The van der Waals surface area contributed by atoms with Crippen LogP contribution < -0.4 is 0 Å². The third-order valence-electron chi connectivity index (χ3n) is 2.68. The smallest absolute Gasteiger partial charge is 0.152 e. The molecule has 0 bridgehead atoms. The summed E-state index contributed by atoms with van der Waals surface area (Å²) in [4.78, 5) is 10.5. The lowest BCUT2D eigenvalue weighted by molar-refractivity contribution is 0.112. The number of carbonyl (C=O) groups is 1. The van der Waals surface area contributed by atoms with Crippen molar-refractivity contribution in [1.82, 2.24) is 9.78 Å². The Bertz CT molecular complexity index is 561. The van der Waals surface area contributed by atoms with Gasteiger partial charge in [0.2, 0.25) is 0 Å². The van der Waals surface area contributed by atoms with Crippen molar-refractivity contribution < 1.29 is 9.18 Å². The van der Waals surface area contributed by atoms with Gasteiger partial charge in [0.15, 0.2) is 6.29 Å². The van der Waals surface area contributed by atoms with Crippen molar-refractivity contribution in [1.29, 1.82) is 0 Å². The van der Waals surface area contributed by atoms with E-state index in [2.05, 4.69) is 5.10 Å². The molecule has 0 atom stereocenters. The first-order chi connectivity index (χ1) is 8.15. The van der Waals surface area contributed by atoms with E-state index in [1.54, 1.807) is 10.7 Å². The summed E-state index contributed by atoms with van der Waals surface area (Å²) in [6.45, 7) is 2.00. The van der Waals surface area contributed by atoms with Crippen molar-refractivity contribution in [2.24, 2.45) is 7.05 Å². The molecule has 1 heterocycles. The first-order valence-electron chi connectivity index (χ1n) is 5.43. The Labute approximate surface area is 98.9 Å². The average Bonchev–Trinajstić information content (AvgIpc) is 2.70. The maximum atomic E-state index is 13.5. The van der Waals surface area contributed by atoms with E-state index in [1.807, 2.05) is 20.2 Å². The molecule has 0 radical (unpaired) electrons. The zero-order valence-corrected chi connectivity index (χ0v) is 9.77. The highest BCUT2D eigenvalue weighted by Gasteiger charge is 2.10. The summed E-state index contributed by atoms with van der Waals surface area (Å²) < 4.78 is 15.2. The van der Waals surface area contributed by atoms with Crippen LogP contribution in [-0.2, 0) is 13.5 Å². The Kier molecular flexibility index (Phi) is 3.04. The van der Waals surface area contributed by atoms with Crippen LogP contribution in [0.4, 0.5) is 4.39 Å². The van der Waals surface area contributed by atoms with Crippen LogP contribution in [-0.4, -0.2) is 16.1 Å². The van der Waals surface area contributed by atoms with Crippen LogP contribution >= 0.6 is 0 Å². The first kappa shape index (κ1) is 11.5. The van der Waals surface area contributed by atoms with Crippen LogP contribution in [0.3, 0.4) is 0 Å². The number of halogens is 1. The predicted octanol–water partition coefficient (Wildman–Crippen LogP) is 2.60. The molecule has 0 amide bonds. The first-order valence-corrected chi connectivity index (χ1v) is 5.43. The second-order valence-electron chi connectivity index (χ2n) is 3.87. The van der Waals surface area contributed by atoms with E-state index in [0.717, 1.165) is 23.2 Å². The minimum Gasteiger partial charge on any atom is -0.298 e. The molecule has 1 aromatic carbocycles. The summed E-state index contributed by atoms with van der Waals surface area (Å²) in [6, 6.07) is 4.60. The molecule has 17 heavy (non-hydrogen) atoms. The van der Waals surface area contributed by atoms with Gasteiger partial charge in [-0.05, 0) is 24.1 Å². The second kappa shape index (κ2) is 4.49. The standard InChI is InChI=1S/C13H13FN2O/c1-3-13-11(7-16(2)15-13)9-4-5-10(8-17)12(14)6-9/h4-8H,3H2,1-2H3. The minimum absolute atomic E-state index is 0.0793. The van der Waals surface area contributed by atoms with E-state index < -0.39 is 5.82 Å². The fourth-order valence-corrected chi connectivity index (χ4v) is 1.83. The summed E-state index contributed by atoms with van der Waals surface area (Å²) in [5, 5.41) is 4.30. The molecule has 0 N–H and O–H groups in total. The number of rotatable bonds is 3. The third kappa shape index (κ3) is 2.11. The highest BCUT2D eigenvalue weighted by Crippen LogP contribution is 2.24. The maximum absolute atomic E-state index is 13.5. The van der Waals surface area contributed by atoms with Crippen molar-refractivity contribution in [2.45, 2.75) is 13.3 Å². The van der Waals surface area contributed by atoms with Crippen molar-refractivity contribution in [3.8, 4) is 11.1 Å². The van der Waals surface area contributed by atoms with Gasteiger partial charge in [0, 0.05) is 18.8 Å². The van der Waals surface area contributed by atoms with Crippen LogP contribution in [0.1, 0.15) is 23.0 Å². The fraction of sp³-hybridized carbons (Fsp3) is 0.231. The number of hydrogen-bond acceptors (Lipinski definition) is 2. The van der Waals surface area contributed by atoms with E-state index in [-0.39, 0.29) is 5.56 Å². The quantitative estimate of drug-likeness (QED) is 0.762. The molecule has 4 heteroatoms. The molecule has 0 aliphatic carbocycles. The van der Waals surface area contributed by atoms with Crippen LogP contribution in [0.5, 0.6) is 0 Å². The number of hydrogen-bond donors (Lipinski definition) is 0.